The lowest BCUT2D eigenvalue weighted by molar-refractivity contribution is -0.120. The minimum absolute atomic E-state index is 0.111. The van der Waals surface area contributed by atoms with Gasteiger partial charge in [-0.15, -0.1) is 0 Å². The molecule has 13 heteroatoms. The summed E-state index contributed by atoms with van der Waals surface area (Å²) in [5, 5.41) is 24.0. The maximum Gasteiger partial charge on any atom is 0.236 e. The number of methoxy groups -OCH3 is 1. The molecule has 1 amide bonds. The van der Waals surface area contributed by atoms with Gasteiger partial charge >= 0.3 is 0 Å². The van der Waals surface area contributed by atoms with Gasteiger partial charge in [-0.25, -0.2) is 4.98 Å². The summed E-state index contributed by atoms with van der Waals surface area (Å²) in [5.74, 6) is 1.23. The molecule has 0 unspecified atom stereocenters. The van der Waals surface area contributed by atoms with Gasteiger partial charge in [0.05, 0.1) is 34.9 Å². The molecule has 0 saturated carbocycles. The molecule has 11 nitrogen and oxygen atoms in total. The summed E-state index contributed by atoms with van der Waals surface area (Å²) in [5.41, 5.74) is 7.77. The summed E-state index contributed by atoms with van der Waals surface area (Å²) in [6, 6.07) is 19.9. The molecule has 1 aliphatic carbocycles. The molecule has 3 aliphatic heterocycles. The van der Waals surface area contributed by atoms with Crippen molar-refractivity contribution in [3.63, 3.8) is 0 Å². The van der Waals surface area contributed by atoms with Crippen LogP contribution >= 0.6 is 23.2 Å². The Morgan fingerprint density at radius 1 is 1.02 bits per heavy atom. The Morgan fingerprint density at radius 3 is 2.59 bits per heavy atom. The minimum atomic E-state index is -0.320. The molecule has 276 valence electrons. The average molecular weight is 766 g/mol. The number of hydrogen-bond donors (Lipinski definition) is 2. The molecule has 3 saturated heterocycles. The fourth-order valence-electron chi connectivity index (χ4n) is 8.67. The Labute approximate surface area is 322 Å². The number of carbonyl (C=O) groups excluding carboxylic acids is 1. The quantitative estimate of drug-likeness (QED) is 0.164. The first kappa shape index (κ1) is 35.0. The van der Waals surface area contributed by atoms with E-state index < -0.39 is 0 Å². The second kappa shape index (κ2) is 13.9. The van der Waals surface area contributed by atoms with E-state index in [2.05, 4.69) is 38.3 Å². The van der Waals surface area contributed by atoms with Crippen molar-refractivity contribution in [1.82, 2.24) is 25.1 Å². The number of β-amino-alcohol motifs (C(OH)–C–C–N with tert-alkyl or cyclic N) is 1. The Hall–Kier alpha value is -4.70. The van der Waals surface area contributed by atoms with Crippen LogP contribution in [-0.2, 0) is 24.3 Å². The number of nitrogens with one attached hydrogen (secondary N) is 1. The van der Waals surface area contributed by atoms with Gasteiger partial charge in [-0.2, -0.15) is 10.2 Å². The van der Waals surface area contributed by atoms with E-state index >= 15 is 0 Å². The number of hydrogen-bond acceptors (Lipinski definition) is 10. The number of oxazole rings is 1. The minimum Gasteiger partial charge on any atom is -0.481 e. The van der Waals surface area contributed by atoms with E-state index in [-0.39, 0.29) is 23.7 Å². The molecule has 2 aromatic heterocycles. The van der Waals surface area contributed by atoms with E-state index in [0.717, 1.165) is 78.7 Å². The number of aliphatic hydroxyl groups excluding tert-OH is 1. The molecule has 3 aromatic carbocycles. The van der Waals surface area contributed by atoms with Gasteiger partial charge in [-0.3, -0.25) is 14.6 Å². The highest BCUT2D eigenvalue weighted by atomic mass is 35.5. The lowest BCUT2D eigenvalue weighted by Gasteiger charge is -2.48. The molecule has 2 N–H and O–H groups in total. The number of pyridine rings is 1. The van der Waals surface area contributed by atoms with E-state index in [0.29, 0.717) is 76.0 Å². The van der Waals surface area contributed by atoms with Crippen molar-refractivity contribution in [2.75, 3.05) is 33.3 Å². The molecule has 1 spiro atoms. The standard InChI is InChI=1S/C41H38Cl2N6O5/c1-52-38-25(19-48-13-11-26(50)20-48)16-32(42)40(46-38)53-34-9-8-28-27(4-2-5-29(28)34)30-6-3-7-31(36(30)43)39-45-33-15-23(14-24(17-44)37(33)54-39)18-49-21-41(22-49)12-10-35(51)47-41/h2-7,14-16,26,34,50H,8-13,18-22H2,1H3,(H,47,51)/t26-,34+/m0/s1. The van der Waals surface area contributed by atoms with Gasteiger partial charge in [0.2, 0.25) is 23.6 Å². The molecule has 0 bridgehead atoms. The largest absolute Gasteiger partial charge is 0.481 e. The van der Waals surface area contributed by atoms with E-state index in [1.54, 1.807) is 7.11 Å². The Morgan fingerprint density at radius 2 is 1.83 bits per heavy atom. The lowest BCUT2D eigenvalue weighted by Crippen LogP contribution is -2.66. The van der Waals surface area contributed by atoms with Crippen molar-refractivity contribution in [3.8, 4) is 40.4 Å². The molecule has 2 atom stereocenters. The van der Waals surface area contributed by atoms with Gasteiger partial charge in [-0.1, -0.05) is 53.5 Å². The van der Waals surface area contributed by atoms with Crippen LogP contribution in [0.5, 0.6) is 11.8 Å². The van der Waals surface area contributed by atoms with Crippen LogP contribution in [0.3, 0.4) is 0 Å². The summed E-state index contributed by atoms with van der Waals surface area (Å²) >= 11 is 13.9. The molecule has 5 aromatic rings. The number of fused-ring (bicyclic) bond motifs is 2. The number of ether oxygens (including phenoxy) is 2. The zero-order valence-electron chi connectivity index (χ0n) is 29.7. The molecule has 4 aliphatic rings. The van der Waals surface area contributed by atoms with Crippen LogP contribution in [0.2, 0.25) is 10.0 Å². The Kier molecular flexibility index (Phi) is 8.99. The van der Waals surface area contributed by atoms with E-state index in [9.17, 15) is 15.2 Å². The Bertz CT molecular complexity index is 2350. The van der Waals surface area contributed by atoms with Gasteiger partial charge in [0.15, 0.2) is 5.58 Å². The number of nitriles is 1. The van der Waals surface area contributed by atoms with Crippen molar-refractivity contribution >= 4 is 40.2 Å². The van der Waals surface area contributed by atoms with Crippen molar-refractivity contribution in [3.05, 3.63) is 92.5 Å². The van der Waals surface area contributed by atoms with Crippen LogP contribution < -0.4 is 14.8 Å². The van der Waals surface area contributed by atoms with E-state index in [1.807, 2.05) is 42.5 Å². The number of aromatic nitrogens is 2. The van der Waals surface area contributed by atoms with Gasteiger partial charge in [0.25, 0.3) is 0 Å². The maximum absolute atomic E-state index is 11.8. The summed E-state index contributed by atoms with van der Waals surface area (Å²) in [6.45, 7) is 4.22. The molecule has 54 heavy (non-hydrogen) atoms. The molecule has 5 heterocycles. The zero-order valence-corrected chi connectivity index (χ0v) is 31.2. The molecule has 3 fully saturated rings. The summed E-state index contributed by atoms with van der Waals surface area (Å²) in [4.78, 5) is 25.7. The first-order chi connectivity index (χ1) is 26.2. The second-order valence-corrected chi connectivity index (χ2v) is 15.7. The van der Waals surface area contributed by atoms with Crippen molar-refractivity contribution in [1.29, 1.82) is 5.26 Å². The Balaban J connectivity index is 0.963. The van der Waals surface area contributed by atoms with Crippen LogP contribution in [0.25, 0.3) is 33.7 Å². The third-order valence-corrected chi connectivity index (χ3v) is 11.8. The van der Waals surface area contributed by atoms with Crippen molar-refractivity contribution < 1.29 is 23.8 Å². The number of benzene rings is 3. The first-order valence-corrected chi connectivity index (χ1v) is 19.0. The fourth-order valence-corrected chi connectivity index (χ4v) is 9.19. The predicted octanol–water partition coefficient (Wildman–Crippen LogP) is 6.84. The molecular formula is C41H38Cl2N6O5. The van der Waals surface area contributed by atoms with Gasteiger partial charge in [-0.05, 0) is 72.2 Å². The highest BCUT2D eigenvalue weighted by Crippen LogP contribution is 2.45. The number of aliphatic hydroxyl groups is 1. The van der Waals surface area contributed by atoms with Crippen LogP contribution in [0.4, 0.5) is 0 Å². The van der Waals surface area contributed by atoms with Gasteiger partial charge < -0.3 is 24.3 Å². The second-order valence-electron chi connectivity index (χ2n) is 14.9. The number of amides is 1. The van der Waals surface area contributed by atoms with Crippen molar-refractivity contribution in [2.24, 2.45) is 0 Å². The molecular weight excluding hydrogens is 727 g/mol. The van der Waals surface area contributed by atoms with Crippen LogP contribution in [0.1, 0.15) is 59.6 Å². The maximum atomic E-state index is 11.8. The van der Waals surface area contributed by atoms with Gasteiger partial charge in [0.1, 0.15) is 22.7 Å². The monoisotopic (exact) mass is 764 g/mol. The number of likely N-dealkylation sites (tertiary alicyclic amines) is 2. The summed E-state index contributed by atoms with van der Waals surface area (Å²) < 4.78 is 18.4. The SMILES string of the molecule is COc1nc(O[C@@H]2CCc3c(-c4cccc(-c5nc6cc(CN7CC8(CCC(=O)N8)C7)cc(C#N)c6o5)c4Cl)cccc32)c(Cl)cc1CN1CC[C@H](O)C1. The summed E-state index contributed by atoms with van der Waals surface area (Å²) in [6.07, 6.45) is 3.09. The van der Waals surface area contributed by atoms with Crippen LogP contribution in [-0.4, -0.2) is 75.7 Å². The van der Waals surface area contributed by atoms with Gasteiger partial charge in [0, 0.05) is 56.8 Å². The summed E-state index contributed by atoms with van der Waals surface area (Å²) in [7, 11) is 1.58. The van der Waals surface area contributed by atoms with E-state index in [4.69, 9.17) is 42.1 Å². The lowest BCUT2D eigenvalue weighted by atomic mass is 9.88. The predicted molar refractivity (Wildman–Crippen MR) is 203 cm³/mol. The fraction of sp³-hybridized carbons (Fsp3) is 0.366. The highest BCUT2D eigenvalue weighted by Gasteiger charge is 2.47. The van der Waals surface area contributed by atoms with E-state index in [1.165, 1.54) is 0 Å². The normalized spacial score (nSPS) is 20.6. The van der Waals surface area contributed by atoms with Crippen LogP contribution in [0.15, 0.2) is 59.0 Å². The third kappa shape index (κ3) is 6.36. The van der Waals surface area contributed by atoms with Crippen LogP contribution in [0, 0.1) is 11.3 Å². The highest BCUT2D eigenvalue weighted by molar-refractivity contribution is 6.36. The zero-order chi connectivity index (χ0) is 37.1. The average Bonchev–Trinajstić information content (AvgIpc) is 3.95. The number of nitrogens with zero attached hydrogens (tertiary/aromatic N) is 5. The number of carbonyl (C=O) groups is 1. The first-order valence-electron chi connectivity index (χ1n) is 18.3. The smallest absolute Gasteiger partial charge is 0.236 e. The third-order valence-electron chi connectivity index (χ3n) is 11.2. The number of halogens is 2. The van der Waals surface area contributed by atoms with Crippen molar-refractivity contribution in [2.45, 2.75) is 62.9 Å². The molecule has 0 radical (unpaired) electrons. The molecule has 9 rings (SSSR count). The number of rotatable bonds is 9. The topological polar surface area (TPSA) is 137 Å².